The third kappa shape index (κ3) is 3.71. The Morgan fingerprint density at radius 3 is 2.33 bits per heavy atom. The van der Waals surface area contributed by atoms with Crippen LogP contribution in [-0.2, 0) is 10.0 Å². The molecule has 0 radical (unpaired) electrons. The van der Waals surface area contributed by atoms with Crippen molar-refractivity contribution in [2.45, 2.75) is 45.1 Å². The highest BCUT2D eigenvalue weighted by molar-refractivity contribution is 9.09. The first-order valence-corrected chi connectivity index (χ1v) is 8.40. The van der Waals surface area contributed by atoms with Crippen molar-refractivity contribution in [1.29, 1.82) is 0 Å². The Kier molecular flexibility index (Phi) is 5.57. The van der Waals surface area contributed by atoms with E-state index in [2.05, 4.69) is 15.9 Å². The molecule has 0 aromatic carbocycles. The molecule has 0 aliphatic heterocycles. The number of nitrogens with zero attached hydrogens (tertiary/aromatic N) is 1. The summed E-state index contributed by atoms with van der Waals surface area (Å²) in [5.41, 5.74) is 0. The monoisotopic (exact) mass is 297 g/mol. The highest BCUT2D eigenvalue weighted by Gasteiger charge is 2.28. The highest BCUT2D eigenvalue weighted by atomic mass is 79.9. The molecule has 1 aliphatic carbocycles. The van der Waals surface area contributed by atoms with E-state index >= 15 is 0 Å². The second kappa shape index (κ2) is 6.21. The topological polar surface area (TPSA) is 37.4 Å². The van der Waals surface area contributed by atoms with Crippen molar-refractivity contribution in [2.75, 3.05) is 17.6 Å². The third-order valence-electron chi connectivity index (χ3n) is 3.01. The first-order chi connectivity index (χ1) is 7.11. The number of rotatable bonds is 5. The lowest BCUT2D eigenvalue weighted by Crippen LogP contribution is -2.43. The molecule has 0 aromatic heterocycles. The molecule has 0 bridgehead atoms. The minimum absolute atomic E-state index is 0.219. The lowest BCUT2D eigenvalue weighted by Gasteiger charge is -2.32. The van der Waals surface area contributed by atoms with Gasteiger partial charge < -0.3 is 0 Å². The number of hydrogen-bond acceptors (Lipinski definition) is 2. The lowest BCUT2D eigenvalue weighted by atomic mass is 9.95. The number of alkyl halides is 1. The first kappa shape index (κ1) is 13.5. The molecular weight excluding hydrogens is 278 g/mol. The van der Waals surface area contributed by atoms with Crippen molar-refractivity contribution in [3.8, 4) is 0 Å². The molecule has 3 nitrogen and oxygen atoms in total. The van der Waals surface area contributed by atoms with Crippen LogP contribution < -0.4 is 0 Å². The molecule has 0 unspecified atom stereocenters. The summed E-state index contributed by atoms with van der Waals surface area (Å²) >= 11 is 3.33. The average Bonchev–Trinajstić information content (AvgIpc) is 2.27. The molecule has 0 amide bonds. The summed E-state index contributed by atoms with van der Waals surface area (Å²) in [6.07, 6.45) is 5.66. The summed E-state index contributed by atoms with van der Waals surface area (Å²) in [7, 11) is -3.02. The largest absolute Gasteiger partial charge is 0.214 e. The SMILES string of the molecule is CCS(=O)(=O)N(CCBr)C1CCCCC1. The van der Waals surface area contributed by atoms with E-state index in [9.17, 15) is 8.42 Å². The molecule has 0 N–H and O–H groups in total. The van der Waals surface area contributed by atoms with Gasteiger partial charge in [-0.15, -0.1) is 0 Å². The van der Waals surface area contributed by atoms with Crippen molar-refractivity contribution in [2.24, 2.45) is 0 Å². The Balaban J connectivity index is 2.72. The van der Waals surface area contributed by atoms with E-state index in [0.29, 0.717) is 6.54 Å². The molecule has 1 aliphatic rings. The predicted molar refractivity (Wildman–Crippen MR) is 66.8 cm³/mol. The van der Waals surface area contributed by atoms with E-state index in [1.165, 1.54) is 19.3 Å². The van der Waals surface area contributed by atoms with Crippen LogP contribution >= 0.6 is 15.9 Å². The lowest BCUT2D eigenvalue weighted by molar-refractivity contribution is 0.263. The van der Waals surface area contributed by atoms with Gasteiger partial charge in [-0.2, -0.15) is 4.31 Å². The van der Waals surface area contributed by atoms with Crippen LogP contribution in [0.2, 0.25) is 0 Å². The third-order valence-corrected chi connectivity index (χ3v) is 5.29. The van der Waals surface area contributed by atoms with Gasteiger partial charge in [-0.05, 0) is 19.8 Å². The van der Waals surface area contributed by atoms with Gasteiger partial charge in [0.05, 0.1) is 5.75 Å². The number of sulfonamides is 1. The van der Waals surface area contributed by atoms with E-state index in [4.69, 9.17) is 0 Å². The summed E-state index contributed by atoms with van der Waals surface area (Å²) in [5.74, 6) is 0.219. The van der Waals surface area contributed by atoms with Gasteiger partial charge in [0.1, 0.15) is 0 Å². The zero-order valence-corrected chi connectivity index (χ0v) is 11.7. The van der Waals surface area contributed by atoms with Crippen LogP contribution in [0.15, 0.2) is 0 Å². The number of hydrogen-bond donors (Lipinski definition) is 0. The highest BCUT2D eigenvalue weighted by Crippen LogP contribution is 2.24. The van der Waals surface area contributed by atoms with Crippen LogP contribution in [-0.4, -0.2) is 36.4 Å². The Labute approximate surface area is 101 Å². The van der Waals surface area contributed by atoms with E-state index in [-0.39, 0.29) is 11.8 Å². The van der Waals surface area contributed by atoms with Crippen molar-refractivity contribution in [3.63, 3.8) is 0 Å². The molecule has 0 aromatic rings. The van der Waals surface area contributed by atoms with Crippen LogP contribution in [0.4, 0.5) is 0 Å². The van der Waals surface area contributed by atoms with Gasteiger partial charge in [0.15, 0.2) is 0 Å². The second-order valence-corrected chi connectivity index (χ2v) is 7.00. The molecule has 5 heteroatoms. The molecule has 15 heavy (non-hydrogen) atoms. The molecule has 1 rings (SSSR count). The molecule has 90 valence electrons. The molecule has 0 saturated heterocycles. The van der Waals surface area contributed by atoms with Gasteiger partial charge >= 0.3 is 0 Å². The Morgan fingerprint density at radius 1 is 1.27 bits per heavy atom. The van der Waals surface area contributed by atoms with Gasteiger partial charge in [0, 0.05) is 17.9 Å². The maximum absolute atomic E-state index is 11.9. The maximum atomic E-state index is 11.9. The van der Waals surface area contributed by atoms with Gasteiger partial charge in [-0.1, -0.05) is 35.2 Å². The van der Waals surface area contributed by atoms with Crippen molar-refractivity contribution in [3.05, 3.63) is 0 Å². The average molecular weight is 298 g/mol. The summed E-state index contributed by atoms with van der Waals surface area (Å²) in [5, 5.41) is 0.725. The van der Waals surface area contributed by atoms with Crippen LogP contribution in [0.1, 0.15) is 39.0 Å². The summed E-state index contributed by atoms with van der Waals surface area (Å²) in [6.45, 7) is 2.33. The normalized spacial score (nSPS) is 19.7. The zero-order valence-electron chi connectivity index (χ0n) is 9.28. The van der Waals surface area contributed by atoms with Gasteiger partial charge in [0.2, 0.25) is 10.0 Å². The first-order valence-electron chi connectivity index (χ1n) is 5.67. The summed E-state index contributed by atoms with van der Waals surface area (Å²) < 4.78 is 25.5. The van der Waals surface area contributed by atoms with Gasteiger partial charge in [-0.25, -0.2) is 8.42 Å². The van der Waals surface area contributed by atoms with Crippen LogP contribution in [0.25, 0.3) is 0 Å². The van der Waals surface area contributed by atoms with Crippen molar-refractivity contribution >= 4 is 26.0 Å². The molecule has 1 fully saturated rings. The fraction of sp³-hybridized carbons (Fsp3) is 1.00. The molecule has 1 saturated carbocycles. The quantitative estimate of drug-likeness (QED) is 0.731. The maximum Gasteiger partial charge on any atom is 0.214 e. The van der Waals surface area contributed by atoms with Crippen LogP contribution in [0.5, 0.6) is 0 Å². The van der Waals surface area contributed by atoms with E-state index < -0.39 is 10.0 Å². The van der Waals surface area contributed by atoms with Gasteiger partial charge in [0.25, 0.3) is 0 Å². The van der Waals surface area contributed by atoms with Crippen LogP contribution in [0.3, 0.4) is 0 Å². The molecular formula is C10H20BrNO2S. The van der Waals surface area contributed by atoms with E-state index in [1.807, 2.05) is 0 Å². The summed E-state index contributed by atoms with van der Waals surface area (Å²) in [6, 6.07) is 0.251. The van der Waals surface area contributed by atoms with Crippen molar-refractivity contribution in [1.82, 2.24) is 4.31 Å². The predicted octanol–water partition coefficient (Wildman–Crippen LogP) is 2.37. The van der Waals surface area contributed by atoms with E-state index in [1.54, 1.807) is 11.2 Å². The number of halogens is 1. The fourth-order valence-electron chi connectivity index (χ4n) is 2.17. The van der Waals surface area contributed by atoms with Crippen molar-refractivity contribution < 1.29 is 8.42 Å². The Hall–Kier alpha value is 0.390. The Morgan fingerprint density at radius 2 is 1.87 bits per heavy atom. The summed E-state index contributed by atoms with van der Waals surface area (Å²) in [4.78, 5) is 0. The van der Waals surface area contributed by atoms with Crippen LogP contribution in [0, 0.1) is 0 Å². The smallest absolute Gasteiger partial charge is 0.212 e. The van der Waals surface area contributed by atoms with Gasteiger partial charge in [-0.3, -0.25) is 0 Å². The zero-order chi connectivity index (χ0) is 11.3. The fourth-order valence-corrected chi connectivity index (χ4v) is 4.15. The van der Waals surface area contributed by atoms with E-state index in [0.717, 1.165) is 18.2 Å². The molecule has 0 spiro atoms. The Bertz CT molecular complexity index is 273. The minimum atomic E-state index is -3.02. The standard InChI is InChI=1S/C10H20BrNO2S/c1-2-15(13,14)12(9-8-11)10-6-4-3-5-7-10/h10H,2-9H2,1H3. The second-order valence-electron chi connectivity index (χ2n) is 3.99. The minimum Gasteiger partial charge on any atom is -0.212 e. The molecule has 0 heterocycles. The molecule has 0 atom stereocenters.